The van der Waals surface area contributed by atoms with Crippen molar-refractivity contribution in [2.45, 2.75) is 70.0 Å². The number of hydrogen-bond acceptors (Lipinski definition) is 3. The second-order valence-electron chi connectivity index (χ2n) is 6.80. The van der Waals surface area contributed by atoms with Crippen LogP contribution in [0.3, 0.4) is 0 Å². The fourth-order valence-electron chi connectivity index (χ4n) is 4.51. The summed E-state index contributed by atoms with van der Waals surface area (Å²) in [5.41, 5.74) is 1.65. The Kier molecular flexibility index (Phi) is 3.84. The van der Waals surface area contributed by atoms with Crippen molar-refractivity contribution in [2.75, 3.05) is 6.54 Å². The molecule has 110 valence electrons. The Hall–Kier alpha value is -0.380. The second-order valence-corrected chi connectivity index (χ2v) is 8.02. The van der Waals surface area contributed by atoms with E-state index >= 15 is 0 Å². The summed E-state index contributed by atoms with van der Waals surface area (Å²) in [7, 11) is 0. The summed E-state index contributed by atoms with van der Waals surface area (Å²) in [6.45, 7) is 2.34. The average molecular weight is 290 g/mol. The van der Waals surface area contributed by atoms with Crippen molar-refractivity contribution >= 4 is 11.3 Å². The molecule has 0 amide bonds. The van der Waals surface area contributed by atoms with Crippen LogP contribution in [0.2, 0.25) is 0 Å². The lowest BCUT2D eigenvalue weighted by Gasteiger charge is -2.26. The van der Waals surface area contributed by atoms with Gasteiger partial charge in [-0.25, -0.2) is 0 Å². The average Bonchev–Trinajstić information content (AvgIpc) is 3.19. The van der Waals surface area contributed by atoms with Gasteiger partial charge in [-0.3, -0.25) is 0 Å². The molecule has 3 unspecified atom stereocenters. The Bertz CT molecular complexity index is 440. The first-order valence-corrected chi connectivity index (χ1v) is 9.29. The van der Waals surface area contributed by atoms with Crippen LogP contribution in [-0.2, 0) is 19.4 Å². The van der Waals surface area contributed by atoms with Gasteiger partial charge in [0.1, 0.15) is 0 Å². The smallest absolute Gasteiger partial charge is 0.0302 e. The second kappa shape index (κ2) is 5.78. The van der Waals surface area contributed by atoms with Crippen LogP contribution >= 0.6 is 11.3 Å². The van der Waals surface area contributed by atoms with Crippen LogP contribution in [0.4, 0.5) is 0 Å². The molecule has 2 nitrogen and oxygen atoms in total. The molecule has 20 heavy (non-hydrogen) atoms. The van der Waals surface area contributed by atoms with Crippen LogP contribution in [0, 0.1) is 5.92 Å². The molecule has 4 rings (SSSR count). The van der Waals surface area contributed by atoms with E-state index in [1.165, 1.54) is 57.9 Å². The molecule has 0 radical (unpaired) electrons. The zero-order valence-electron chi connectivity index (χ0n) is 12.3. The van der Waals surface area contributed by atoms with Gasteiger partial charge in [0.05, 0.1) is 0 Å². The van der Waals surface area contributed by atoms with Crippen LogP contribution in [-0.4, -0.2) is 18.6 Å². The van der Waals surface area contributed by atoms with Gasteiger partial charge in [0.2, 0.25) is 0 Å². The van der Waals surface area contributed by atoms with Crippen molar-refractivity contribution < 1.29 is 0 Å². The van der Waals surface area contributed by atoms with Crippen molar-refractivity contribution in [1.29, 1.82) is 0 Å². The van der Waals surface area contributed by atoms with E-state index in [0.29, 0.717) is 0 Å². The molecular weight excluding hydrogens is 264 g/mol. The minimum Gasteiger partial charge on any atom is -0.314 e. The van der Waals surface area contributed by atoms with Gasteiger partial charge in [-0.15, -0.1) is 11.3 Å². The van der Waals surface area contributed by atoms with E-state index in [-0.39, 0.29) is 0 Å². The molecule has 1 saturated carbocycles. The standard InChI is InChI=1S/C17H26N2S/c1-4-12-10-13(20-17(12)8-1)11-19-16-6-2-5-14(16)15-7-3-9-18-15/h10,14-16,18-19H,1-9,11H2. The number of aryl methyl sites for hydroxylation is 2. The molecule has 1 aliphatic heterocycles. The van der Waals surface area contributed by atoms with E-state index in [2.05, 4.69) is 28.0 Å². The van der Waals surface area contributed by atoms with Gasteiger partial charge in [0, 0.05) is 28.4 Å². The monoisotopic (exact) mass is 290 g/mol. The van der Waals surface area contributed by atoms with Crippen LogP contribution in [0.5, 0.6) is 0 Å². The zero-order valence-corrected chi connectivity index (χ0v) is 13.1. The van der Waals surface area contributed by atoms with Crippen LogP contribution < -0.4 is 10.6 Å². The van der Waals surface area contributed by atoms with E-state index in [4.69, 9.17) is 0 Å². The molecule has 1 aromatic heterocycles. The molecule has 0 spiro atoms. The van der Waals surface area contributed by atoms with Gasteiger partial charge in [-0.05, 0) is 69.0 Å². The molecule has 1 saturated heterocycles. The molecule has 2 aliphatic carbocycles. The molecule has 3 aliphatic rings. The minimum absolute atomic E-state index is 0.752. The van der Waals surface area contributed by atoms with Crippen LogP contribution in [0.1, 0.15) is 53.8 Å². The van der Waals surface area contributed by atoms with E-state index in [0.717, 1.165) is 24.5 Å². The number of thiophene rings is 1. The summed E-state index contributed by atoms with van der Waals surface area (Å²) >= 11 is 2.06. The van der Waals surface area contributed by atoms with Gasteiger partial charge in [-0.1, -0.05) is 6.42 Å². The fourth-order valence-corrected chi connectivity index (χ4v) is 5.72. The Labute approximate surface area is 126 Å². The van der Waals surface area contributed by atoms with E-state index < -0.39 is 0 Å². The summed E-state index contributed by atoms with van der Waals surface area (Å²) in [5, 5.41) is 7.60. The topological polar surface area (TPSA) is 24.1 Å². The molecule has 3 heteroatoms. The Morgan fingerprint density at radius 2 is 2.15 bits per heavy atom. The van der Waals surface area contributed by atoms with E-state index in [9.17, 15) is 0 Å². The Morgan fingerprint density at radius 1 is 1.15 bits per heavy atom. The Balaban J connectivity index is 1.35. The quantitative estimate of drug-likeness (QED) is 0.889. The van der Waals surface area contributed by atoms with Crippen LogP contribution in [0.25, 0.3) is 0 Å². The first-order valence-electron chi connectivity index (χ1n) is 8.47. The highest BCUT2D eigenvalue weighted by atomic mass is 32.1. The van der Waals surface area contributed by atoms with Gasteiger partial charge >= 0.3 is 0 Å². The first kappa shape index (κ1) is 13.3. The summed E-state index contributed by atoms with van der Waals surface area (Å²) in [5.74, 6) is 0.879. The number of hydrogen-bond donors (Lipinski definition) is 2. The maximum absolute atomic E-state index is 3.88. The van der Waals surface area contributed by atoms with Crippen molar-refractivity contribution in [3.8, 4) is 0 Å². The summed E-state index contributed by atoms with van der Waals surface area (Å²) in [6.07, 6.45) is 11.0. The zero-order chi connectivity index (χ0) is 13.4. The highest BCUT2D eigenvalue weighted by molar-refractivity contribution is 7.12. The van der Waals surface area contributed by atoms with Crippen molar-refractivity contribution in [1.82, 2.24) is 10.6 Å². The third-order valence-corrected chi connectivity index (χ3v) is 6.76. The number of fused-ring (bicyclic) bond motifs is 1. The SMILES string of the molecule is c1c(CNC2CCCC2C2CCCN2)sc2c1CCC2. The van der Waals surface area contributed by atoms with Crippen LogP contribution in [0.15, 0.2) is 6.07 Å². The third kappa shape index (κ3) is 2.56. The van der Waals surface area contributed by atoms with Crippen molar-refractivity contribution in [3.05, 3.63) is 21.4 Å². The maximum Gasteiger partial charge on any atom is 0.0302 e. The Morgan fingerprint density at radius 3 is 3.00 bits per heavy atom. The number of nitrogens with one attached hydrogen (secondary N) is 2. The molecule has 1 aromatic rings. The molecule has 2 N–H and O–H groups in total. The highest BCUT2D eigenvalue weighted by Gasteiger charge is 2.34. The van der Waals surface area contributed by atoms with Gasteiger partial charge in [0.15, 0.2) is 0 Å². The van der Waals surface area contributed by atoms with E-state index in [1.54, 1.807) is 15.3 Å². The van der Waals surface area contributed by atoms with Crippen molar-refractivity contribution in [2.24, 2.45) is 5.92 Å². The van der Waals surface area contributed by atoms with E-state index in [1.807, 2.05) is 0 Å². The molecular formula is C17H26N2S. The highest BCUT2D eigenvalue weighted by Crippen LogP contribution is 2.33. The molecule has 3 atom stereocenters. The molecule has 2 fully saturated rings. The van der Waals surface area contributed by atoms with Gasteiger partial charge < -0.3 is 10.6 Å². The molecule has 2 heterocycles. The minimum atomic E-state index is 0.752. The predicted molar refractivity (Wildman–Crippen MR) is 85.3 cm³/mol. The fraction of sp³-hybridized carbons (Fsp3) is 0.765. The van der Waals surface area contributed by atoms with Crippen molar-refractivity contribution in [3.63, 3.8) is 0 Å². The maximum atomic E-state index is 3.88. The third-order valence-electron chi connectivity index (χ3n) is 5.52. The predicted octanol–water partition coefficient (Wildman–Crippen LogP) is 3.25. The van der Waals surface area contributed by atoms with Gasteiger partial charge in [-0.2, -0.15) is 0 Å². The number of rotatable bonds is 4. The molecule has 0 bridgehead atoms. The lowest BCUT2D eigenvalue weighted by Crippen LogP contribution is -2.41. The largest absolute Gasteiger partial charge is 0.314 e. The summed E-state index contributed by atoms with van der Waals surface area (Å²) < 4.78 is 0. The molecule has 0 aromatic carbocycles. The summed E-state index contributed by atoms with van der Waals surface area (Å²) in [4.78, 5) is 3.24. The summed E-state index contributed by atoms with van der Waals surface area (Å²) in [6, 6.07) is 4.02. The lowest BCUT2D eigenvalue weighted by molar-refractivity contribution is 0.320. The first-order chi connectivity index (χ1) is 9.90. The lowest BCUT2D eigenvalue weighted by atomic mass is 9.93. The van der Waals surface area contributed by atoms with Gasteiger partial charge in [0.25, 0.3) is 0 Å². The normalized spacial score (nSPS) is 32.9.